The number of nitrogens with two attached hydrogens (primary N) is 1. The molecule has 10 nitrogen and oxygen atoms in total. The van der Waals surface area contributed by atoms with Gasteiger partial charge in [-0.3, -0.25) is 9.36 Å². The number of amides is 1. The average Bonchev–Trinajstić information content (AvgIpc) is 3.09. The molecule has 1 amide bonds. The van der Waals surface area contributed by atoms with E-state index < -0.39 is 34.8 Å². The molecule has 0 spiro atoms. The van der Waals surface area contributed by atoms with E-state index in [0.29, 0.717) is 0 Å². The molecule has 1 saturated heterocycles. The second-order valence-corrected chi connectivity index (χ2v) is 6.56. The van der Waals surface area contributed by atoms with Crippen LogP contribution in [0.25, 0.3) is 11.2 Å². The van der Waals surface area contributed by atoms with E-state index in [2.05, 4.69) is 20.3 Å². The molecule has 2 aromatic heterocycles. The third-order valence-corrected chi connectivity index (χ3v) is 5.60. The molecule has 6 N–H and O–H groups in total. The van der Waals surface area contributed by atoms with Gasteiger partial charge in [0.2, 0.25) is 4.87 Å². The average molecular weight is 340 g/mol. The van der Waals surface area contributed by atoms with E-state index in [1.165, 1.54) is 24.3 Å². The summed E-state index contributed by atoms with van der Waals surface area (Å²) in [6.07, 6.45) is -0.232. The van der Waals surface area contributed by atoms with Crippen LogP contribution >= 0.6 is 11.8 Å². The number of hydrogen-bond donors (Lipinski definition) is 5. The number of carbonyl (C=O) groups is 1. The number of thioether (sulfide) groups is 1. The van der Waals surface area contributed by atoms with Crippen molar-refractivity contribution in [3.63, 3.8) is 0 Å². The van der Waals surface area contributed by atoms with Gasteiger partial charge in [0.05, 0.1) is 24.3 Å². The number of fused-ring (bicyclic) bond motifs is 1. The first-order valence-electron chi connectivity index (χ1n) is 6.78. The number of anilines is 1. The van der Waals surface area contributed by atoms with Crippen molar-refractivity contribution in [1.29, 1.82) is 0 Å². The summed E-state index contributed by atoms with van der Waals surface area (Å²) in [5.41, 5.74) is 6.28. The molecule has 3 rings (SSSR count). The van der Waals surface area contributed by atoms with Gasteiger partial charge in [-0.05, 0) is 0 Å². The quantitative estimate of drug-likeness (QED) is 0.412. The molecule has 1 aliphatic heterocycles. The molecule has 0 radical (unpaired) electrons. The van der Waals surface area contributed by atoms with Crippen LogP contribution in [0.4, 0.5) is 5.82 Å². The maximum atomic E-state index is 12.6. The van der Waals surface area contributed by atoms with E-state index >= 15 is 0 Å². The highest BCUT2D eigenvalue weighted by Crippen LogP contribution is 2.48. The number of aliphatic hydroxyl groups is 3. The molecule has 0 bridgehead atoms. The molecule has 23 heavy (non-hydrogen) atoms. The smallest absolute Gasteiger partial charge is 0.259 e. The van der Waals surface area contributed by atoms with Crippen LogP contribution in [0.3, 0.4) is 0 Å². The lowest BCUT2D eigenvalue weighted by atomic mass is 10.0. The molecule has 3 heterocycles. The predicted molar refractivity (Wildman–Crippen MR) is 82.3 cm³/mol. The molecular weight excluding hydrogens is 324 g/mol. The number of nitrogen functional groups attached to an aromatic ring is 1. The van der Waals surface area contributed by atoms with Gasteiger partial charge in [-0.2, -0.15) is 0 Å². The van der Waals surface area contributed by atoms with Crippen molar-refractivity contribution in [2.24, 2.45) is 0 Å². The Hall–Kier alpha value is -1.95. The number of hydrogen-bond acceptors (Lipinski definition) is 9. The fraction of sp³-hybridized carbons (Fsp3) is 0.500. The lowest BCUT2D eigenvalue weighted by molar-refractivity contribution is -0.131. The Labute approximate surface area is 134 Å². The van der Waals surface area contributed by atoms with E-state index in [9.17, 15) is 20.1 Å². The number of carbonyl (C=O) groups excluding carboxylic acids is 1. The van der Waals surface area contributed by atoms with Crippen molar-refractivity contribution in [1.82, 2.24) is 24.8 Å². The van der Waals surface area contributed by atoms with E-state index in [0.717, 1.165) is 11.8 Å². The van der Waals surface area contributed by atoms with Crippen molar-refractivity contribution in [3.05, 3.63) is 12.7 Å². The zero-order valence-electron chi connectivity index (χ0n) is 12.1. The Bertz CT molecular complexity index is 754. The van der Waals surface area contributed by atoms with Gasteiger partial charge in [0.1, 0.15) is 17.9 Å². The predicted octanol–water partition coefficient (Wildman–Crippen LogP) is -2.36. The summed E-state index contributed by atoms with van der Waals surface area (Å²) in [6, 6.07) is 0. The number of nitrogens with zero attached hydrogens (tertiary/aromatic N) is 4. The second-order valence-electron chi connectivity index (χ2n) is 5.10. The van der Waals surface area contributed by atoms with Crippen LogP contribution in [0.1, 0.15) is 0 Å². The van der Waals surface area contributed by atoms with Gasteiger partial charge >= 0.3 is 0 Å². The summed E-state index contributed by atoms with van der Waals surface area (Å²) < 4.78 is 1.35. The van der Waals surface area contributed by atoms with E-state index in [4.69, 9.17) is 5.73 Å². The molecule has 0 saturated carbocycles. The molecule has 1 aliphatic rings. The van der Waals surface area contributed by atoms with Crippen molar-refractivity contribution in [2.75, 3.05) is 19.4 Å². The summed E-state index contributed by atoms with van der Waals surface area (Å²) >= 11 is 0.945. The Kier molecular flexibility index (Phi) is 3.88. The van der Waals surface area contributed by atoms with Crippen LogP contribution in [-0.2, 0) is 9.67 Å². The summed E-state index contributed by atoms with van der Waals surface area (Å²) in [5, 5.41) is 31.8. The van der Waals surface area contributed by atoms with Gasteiger partial charge in [0.25, 0.3) is 5.91 Å². The van der Waals surface area contributed by atoms with Gasteiger partial charge in [0, 0.05) is 7.05 Å². The molecule has 1 fully saturated rings. The summed E-state index contributed by atoms with van der Waals surface area (Å²) in [7, 11) is 1.42. The first-order chi connectivity index (χ1) is 11.0. The fourth-order valence-electron chi connectivity index (χ4n) is 2.72. The maximum Gasteiger partial charge on any atom is 0.259 e. The second kappa shape index (κ2) is 5.60. The Balaban J connectivity index is 2.24. The van der Waals surface area contributed by atoms with Gasteiger partial charge in [-0.25, -0.2) is 15.0 Å². The lowest BCUT2D eigenvalue weighted by Gasteiger charge is -2.31. The molecule has 0 aliphatic carbocycles. The summed E-state index contributed by atoms with van der Waals surface area (Å²) in [6.45, 7) is -0.397. The van der Waals surface area contributed by atoms with E-state index in [1.54, 1.807) is 0 Å². The molecule has 124 valence electrons. The number of likely N-dealkylation sites (N-methyl/N-ethyl adjacent to an activating group) is 1. The summed E-state index contributed by atoms with van der Waals surface area (Å²) in [5.74, 6) is -0.418. The maximum absolute atomic E-state index is 12.6. The summed E-state index contributed by atoms with van der Waals surface area (Å²) in [4.78, 5) is 23.0. The number of aromatic nitrogens is 4. The van der Waals surface area contributed by atoms with Gasteiger partial charge in [-0.15, -0.1) is 11.8 Å². The van der Waals surface area contributed by atoms with Crippen molar-refractivity contribution >= 4 is 34.7 Å². The number of imidazole rings is 1. The van der Waals surface area contributed by atoms with Crippen molar-refractivity contribution in [3.8, 4) is 0 Å². The Morgan fingerprint density at radius 3 is 2.83 bits per heavy atom. The first-order valence-corrected chi connectivity index (χ1v) is 7.66. The fourth-order valence-corrected chi connectivity index (χ4v) is 4.28. The highest BCUT2D eigenvalue weighted by Gasteiger charge is 2.60. The highest BCUT2D eigenvalue weighted by molar-refractivity contribution is 8.01. The van der Waals surface area contributed by atoms with Crippen LogP contribution in [-0.4, -0.2) is 71.9 Å². The standard InChI is InChI=1S/C12H16N6O4S/c1-14-11(22)12(8(21)7(20)5(2-19)23-12)18-4-17-6-9(13)15-3-16-10(6)18/h3-5,7-8,19-21H,2H2,1H3,(H,14,22)(H2,13,15,16)/t5-,7-,8-,12+/m1/s1. The first kappa shape index (κ1) is 15.9. The van der Waals surface area contributed by atoms with Gasteiger partial charge < -0.3 is 26.4 Å². The Morgan fingerprint density at radius 1 is 1.48 bits per heavy atom. The zero-order chi connectivity index (χ0) is 16.8. The largest absolute Gasteiger partial charge is 0.395 e. The molecule has 0 unspecified atom stereocenters. The van der Waals surface area contributed by atoms with Crippen LogP contribution in [0.15, 0.2) is 12.7 Å². The molecule has 4 atom stereocenters. The molecule has 2 aromatic rings. The minimum Gasteiger partial charge on any atom is -0.395 e. The third-order valence-electron chi connectivity index (χ3n) is 3.89. The third kappa shape index (κ3) is 2.08. The van der Waals surface area contributed by atoms with Crippen molar-refractivity contribution in [2.45, 2.75) is 22.3 Å². The van der Waals surface area contributed by atoms with Gasteiger partial charge in [-0.1, -0.05) is 0 Å². The minimum atomic E-state index is -1.63. The molecule has 0 aromatic carbocycles. The van der Waals surface area contributed by atoms with Crippen molar-refractivity contribution < 1.29 is 20.1 Å². The zero-order valence-corrected chi connectivity index (χ0v) is 12.9. The van der Waals surface area contributed by atoms with Crippen LogP contribution in [0.5, 0.6) is 0 Å². The van der Waals surface area contributed by atoms with Crippen LogP contribution < -0.4 is 11.1 Å². The highest BCUT2D eigenvalue weighted by atomic mass is 32.2. The number of nitrogens with one attached hydrogen (secondary N) is 1. The number of aliphatic hydroxyl groups excluding tert-OH is 3. The molecular formula is C12H16N6O4S. The normalized spacial score (nSPS) is 30.7. The topological polar surface area (TPSA) is 159 Å². The van der Waals surface area contributed by atoms with Crippen LogP contribution in [0.2, 0.25) is 0 Å². The number of rotatable bonds is 3. The molecule has 11 heteroatoms. The van der Waals surface area contributed by atoms with Crippen LogP contribution in [0, 0.1) is 0 Å². The monoisotopic (exact) mass is 340 g/mol. The SMILES string of the molecule is CNC(=O)[C@@]1(n2cnc3c(N)ncnc32)S[C@H](CO)[C@@H](O)[C@H]1O. The lowest BCUT2D eigenvalue weighted by Crippen LogP contribution is -2.53. The van der Waals surface area contributed by atoms with E-state index in [-0.39, 0.29) is 17.0 Å². The minimum absolute atomic E-state index is 0.137. The Morgan fingerprint density at radius 2 is 2.22 bits per heavy atom. The van der Waals surface area contributed by atoms with E-state index in [1.807, 2.05) is 0 Å². The van der Waals surface area contributed by atoms with Gasteiger partial charge in [0.15, 0.2) is 11.5 Å².